The molecule has 0 N–H and O–H groups in total. The van der Waals surface area contributed by atoms with E-state index in [1.165, 1.54) is 0 Å². The van der Waals surface area contributed by atoms with Crippen LogP contribution in [0, 0.1) is 0 Å². The van der Waals surface area contributed by atoms with Crippen LogP contribution in [-0.2, 0) is 0 Å². The summed E-state index contributed by atoms with van der Waals surface area (Å²) >= 11 is 0. The van der Waals surface area contributed by atoms with Crippen LogP contribution in [0.4, 0.5) is 17.1 Å². The van der Waals surface area contributed by atoms with Crippen LogP contribution in [-0.4, -0.2) is 0 Å². The van der Waals surface area contributed by atoms with Crippen LogP contribution in [0.25, 0.3) is 34.9 Å². The minimum atomic E-state index is 1.06. The molecule has 0 fully saturated rings. The zero-order valence-electron chi connectivity index (χ0n) is 33.9. The molecule has 0 aliphatic heterocycles. The van der Waals surface area contributed by atoms with Crippen molar-refractivity contribution in [2.45, 2.75) is 0 Å². The van der Waals surface area contributed by atoms with E-state index in [4.69, 9.17) is 0 Å². The second-order valence-electron chi connectivity index (χ2n) is 14.9. The first-order chi connectivity index (χ1) is 30.3. The molecule has 0 saturated heterocycles. The molecule has 0 unspecified atom stereocenters. The fourth-order valence-corrected chi connectivity index (χ4v) is 8.05. The molecule has 0 bridgehead atoms. The molecule has 0 atom stereocenters. The van der Waals surface area contributed by atoms with Gasteiger partial charge in [-0.25, -0.2) is 0 Å². The van der Waals surface area contributed by atoms with Gasteiger partial charge in [-0.1, -0.05) is 224 Å². The van der Waals surface area contributed by atoms with Crippen LogP contribution < -0.4 is 4.90 Å². The summed E-state index contributed by atoms with van der Waals surface area (Å²) in [5, 5.41) is 0. The smallest absolute Gasteiger partial charge is 0.0546 e. The summed E-state index contributed by atoms with van der Waals surface area (Å²) in [7, 11) is 0. The predicted molar refractivity (Wildman–Crippen MR) is 261 cm³/mol. The largest absolute Gasteiger partial charge is 0.310 e. The fraction of sp³-hybridized carbons (Fsp3) is 0. The van der Waals surface area contributed by atoms with Gasteiger partial charge < -0.3 is 4.90 Å². The molecular weight excluding hydrogens is 735 g/mol. The van der Waals surface area contributed by atoms with Crippen molar-refractivity contribution in [3.8, 4) is 0 Å². The van der Waals surface area contributed by atoms with Gasteiger partial charge in [-0.15, -0.1) is 0 Å². The maximum atomic E-state index is 2.42. The minimum absolute atomic E-state index is 1.06. The number of rotatable bonds is 12. The number of hydrogen-bond acceptors (Lipinski definition) is 1. The molecule has 0 aliphatic rings. The molecule has 0 spiro atoms. The lowest BCUT2D eigenvalue weighted by Crippen LogP contribution is -2.15. The molecule has 0 saturated carbocycles. The summed E-state index contributed by atoms with van der Waals surface area (Å²) in [6.45, 7) is 0. The second-order valence-corrected chi connectivity index (χ2v) is 14.9. The summed E-state index contributed by atoms with van der Waals surface area (Å²) in [5.74, 6) is 0. The Morgan fingerprint density at radius 2 is 0.557 bits per heavy atom. The molecule has 0 amide bonds. The SMILES string of the molecule is C(=C(/c1ccccc1)c1ccc(N(c2ccccc2)c2ccccc2)c(/C(=C/c2ccccc2)c2ccccc2)c1/C(=C/c1ccccc1)c1ccccc1)/c1ccccc1. The number of hydrogen-bond donors (Lipinski definition) is 0. The summed E-state index contributed by atoms with van der Waals surface area (Å²) < 4.78 is 0. The average molecular weight is 780 g/mol. The standard InChI is InChI=1S/C60H45N/c1-9-25-46(26-10-1)43-55(49-31-15-4-16-32-49)54-41-42-58(61(52-37-21-7-22-38-52)53-39-23-8-24-40-53)60(57(51-35-19-6-20-36-51)45-48-29-13-3-14-30-48)59(54)56(50-33-17-5-18-34-50)44-47-27-11-2-12-28-47/h1-45H/b55-43+,56-44+,57-45+. The highest BCUT2D eigenvalue weighted by Crippen LogP contribution is 2.49. The van der Waals surface area contributed by atoms with E-state index in [0.29, 0.717) is 0 Å². The summed E-state index contributed by atoms with van der Waals surface area (Å²) in [6, 6.07) is 90.9. The zero-order valence-corrected chi connectivity index (χ0v) is 33.9. The highest BCUT2D eigenvalue weighted by molar-refractivity contribution is 6.09. The normalized spacial score (nSPS) is 11.9. The lowest BCUT2D eigenvalue weighted by molar-refractivity contribution is 1.26. The molecule has 9 rings (SSSR count). The maximum Gasteiger partial charge on any atom is 0.0546 e. The van der Waals surface area contributed by atoms with Gasteiger partial charge in [-0.05, 0) is 104 Å². The number of para-hydroxylation sites is 2. The van der Waals surface area contributed by atoms with Crippen molar-refractivity contribution in [2.24, 2.45) is 0 Å². The average Bonchev–Trinajstić information content (AvgIpc) is 3.34. The molecule has 0 radical (unpaired) electrons. The van der Waals surface area contributed by atoms with Crippen molar-refractivity contribution in [3.63, 3.8) is 0 Å². The van der Waals surface area contributed by atoms with E-state index in [-0.39, 0.29) is 0 Å². The molecule has 1 nitrogen and oxygen atoms in total. The van der Waals surface area contributed by atoms with Gasteiger partial charge in [0, 0.05) is 22.5 Å². The third-order valence-corrected chi connectivity index (χ3v) is 10.9. The monoisotopic (exact) mass is 779 g/mol. The van der Waals surface area contributed by atoms with Gasteiger partial charge in [0.1, 0.15) is 0 Å². The third kappa shape index (κ3) is 8.88. The van der Waals surface area contributed by atoms with E-state index >= 15 is 0 Å². The zero-order chi connectivity index (χ0) is 41.1. The Morgan fingerprint density at radius 1 is 0.262 bits per heavy atom. The first kappa shape index (κ1) is 38.5. The van der Waals surface area contributed by atoms with Gasteiger partial charge in [-0.3, -0.25) is 0 Å². The highest BCUT2D eigenvalue weighted by Gasteiger charge is 2.28. The Labute approximate surface area is 360 Å². The van der Waals surface area contributed by atoms with Crippen molar-refractivity contribution in [2.75, 3.05) is 4.90 Å². The fourth-order valence-electron chi connectivity index (χ4n) is 8.05. The second kappa shape index (κ2) is 18.7. The quantitative estimate of drug-likeness (QED) is 0.112. The van der Waals surface area contributed by atoms with Gasteiger partial charge in [0.25, 0.3) is 0 Å². The van der Waals surface area contributed by atoms with Crippen molar-refractivity contribution >= 4 is 52.0 Å². The summed E-state index contributed by atoms with van der Waals surface area (Å²) in [5.41, 5.74) is 16.6. The number of nitrogens with zero attached hydrogens (tertiary/aromatic N) is 1. The van der Waals surface area contributed by atoms with Gasteiger partial charge in [0.05, 0.1) is 5.69 Å². The first-order valence-electron chi connectivity index (χ1n) is 20.8. The van der Waals surface area contributed by atoms with E-state index in [0.717, 1.165) is 83.9 Å². The van der Waals surface area contributed by atoms with E-state index < -0.39 is 0 Å². The topological polar surface area (TPSA) is 3.24 Å². The summed E-state index contributed by atoms with van der Waals surface area (Å²) in [6.07, 6.45) is 7.08. The van der Waals surface area contributed by atoms with Crippen LogP contribution in [0.3, 0.4) is 0 Å². The van der Waals surface area contributed by atoms with Crippen LogP contribution in [0.1, 0.15) is 50.1 Å². The number of benzene rings is 9. The van der Waals surface area contributed by atoms with Crippen LogP contribution in [0.5, 0.6) is 0 Å². The Hall–Kier alpha value is -8.00. The molecule has 9 aromatic carbocycles. The van der Waals surface area contributed by atoms with E-state index in [1.54, 1.807) is 0 Å². The van der Waals surface area contributed by atoms with Crippen molar-refractivity contribution in [3.05, 3.63) is 305 Å². The van der Waals surface area contributed by atoms with Crippen LogP contribution in [0.2, 0.25) is 0 Å². The molecule has 0 aromatic heterocycles. The lowest BCUT2D eigenvalue weighted by Gasteiger charge is -2.32. The predicted octanol–water partition coefficient (Wildman–Crippen LogP) is 15.9. The molecule has 0 aliphatic carbocycles. The minimum Gasteiger partial charge on any atom is -0.310 e. The van der Waals surface area contributed by atoms with Crippen molar-refractivity contribution in [1.82, 2.24) is 0 Å². The van der Waals surface area contributed by atoms with E-state index in [9.17, 15) is 0 Å². The lowest BCUT2D eigenvalue weighted by atomic mass is 9.79. The van der Waals surface area contributed by atoms with Gasteiger partial charge in [-0.2, -0.15) is 0 Å². The number of anilines is 3. The van der Waals surface area contributed by atoms with E-state index in [1.807, 2.05) is 0 Å². The van der Waals surface area contributed by atoms with Crippen molar-refractivity contribution in [1.29, 1.82) is 0 Å². The van der Waals surface area contributed by atoms with Crippen molar-refractivity contribution < 1.29 is 0 Å². The molecule has 1 heteroatoms. The Bertz CT molecular complexity index is 2850. The first-order valence-corrected chi connectivity index (χ1v) is 20.8. The van der Waals surface area contributed by atoms with Crippen LogP contribution >= 0.6 is 0 Å². The maximum absolute atomic E-state index is 2.42. The Balaban J connectivity index is 1.52. The molecular formula is C60H45N. The summed E-state index contributed by atoms with van der Waals surface area (Å²) in [4.78, 5) is 2.42. The molecule has 0 heterocycles. The Kier molecular flexibility index (Phi) is 11.8. The van der Waals surface area contributed by atoms with Gasteiger partial charge in [0.15, 0.2) is 0 Å². The van der Waals surface area contributed by atoms with Crippen LogP contribution in [0.15, 0.2) is 255 Å². The van der Waals surface area contributed by atoms with Gasteiger partial charge >= 0.3 is 0 Å². The third-order valence-electron chi connectivity index (χ3n) is 10.9. The highest BCUT2D eigenvalue weighted by atomic mass is 15.1. The molecule has 290 valence electrons. The molecule has 9 aromatic rings. The van der Waals surface area contributed by atoms with Gasteiger partial charge in [0.2, 0.25) is 0 Å². The molecule has 61 heavy (non-hydrogen) atoms. The van der Waals surface area contributed by atoms with E-state index in [2.05, 4.69) is 278 Å². The Morgan fingerprint density at radius 3 is 0.934 bits per heavy atom.